The summed E-state index contributed by atoms with van der Waals surface area (Å²) in [6.07, 6.45) is 1.81. The first-order chi connectivity index (χ1) is 11.8. The maximum atomic E-state index is 5.38. The molecule has 2 heterocycles. The number of ether oxygens (including phenoxy) is 2. The van der Waals surface area contributed by atoms with Crippen LogP contribution in [0.15, 0.2) is 24.3 Å². The maximum Gasteiger partial charge on any atom is 0.207 e. The minimum Gasteiger partial charge on any atom is -0.384 e. The van der Waals surface area contributed by atoms with E-state index in [1.165, 1.54) is 17.1 Å². The molecule has 1 saturated heterocycles. The molecular weight excluding hydrogens is 324 g/mol. The lowest BCUT2D eigenvalue weighted by atomic mass is 10.1. The van der Waals surface area contributed by atoms with Gasteiger partial charge in [0.05, 0.1) is 19.8 Å². The number of benzene rings is 1. The lowest BCUT2D eigenvalue weighted by molar-refractivity contribution is 0.0384. The first-order valence-electron chi connectivity index (χ1n) is 8.31. The Kier molecular flexibility index (Phi) is 6.54. The summed E-state index contributed by atoms with van der Waals surface area (Å²) in [5, 5.41) is 4.13. The van der Waals surface area contributed by atoms with E-state index in [0.717, 1.165) is 62.3 Å². The number of aromatic nitrogens is 2. The van der Waals surface area contributed by atoms with E-state index in [-0.39, 0.29) is 0 Å². The third kappa shape index (κ3) is 5.24. The van der Waals surface area contributed by atoms with Crippen molar-refractivity contribution in [2.75, 3.05) is 51.9 Å². The molecule has 0 aliphatic carbocycles. The van der Waals surface area contributed by atoms with Crippen molar-refractivity contribution in [1.82, 2.24) is 14.3 Å². The summed E-state index contributed by atoms with van der Waals surface area (Å²) in [5.74, 6) is 0.825. The van der Waals surface area contributed by atoms with Crippen LogP contribution >= 0.6 is 11.5 Å². The van der Waals surface area contributed by atoms with Gasteiger partial charge in [-0.15, -0.1) is 0 Å². The number of methoxy groups -OCH3 is 1. The molecule has 0 spiro atoms. The van der Waals surface area contributed by atoms with Crippen LogP contribution in [0.1, 0.15) is 11.4 Å². The standard InChI is InChI=1S/C17H24N4O2S/c1-22-11-7-16-19-17(24-20-16)18-15-4-2-14(3-5-15)6-8-21-9-12-23-13-10-21/h2-5H,6-13H2,1H3,(H,18,19,20). The first kappa shape index (κ1) is 17.3. The number of rotatable bonds is 8. The van der Waals surface area contributed by atoms with Gasteiger partial charge in [0.1, 0.15) is 5.82 Å². The molecule has 0 bridgehead atoms. The Hall–Kier alpha value is -1.54. The minimum absolute atomic E-state index is 0.647. The van der Waals surface area contributed by atoms with Crippen molar-refractivity contribution in [3.05, 3.63) is 35.7 Å². The smallest absolute Gasteiger partial charge is 0.207 e. The maximum absolute atomic E-state index is 5.38. The highest BCUT2D eigenvalue weighted by molar-refractivity contribution is 7.09. The summed E-state index contributed by atoms with van der Waals surface area (Å²) >= 11 is 1.38. The Balaban J connectivity index is 1.47. The van der Waals surface area contributed by atoms with Crippen molar-refractivity contribution < 1.29 is 9.47 Å². The predicted molar refractivity (Wildman–Crippen MR) is 96.2 cm³/mol. The summed E-state index contributed by atoms with van der Waals surface area (Å²) in [6, 6.07) is 8.56. The van der Waals surface area contributed by atoms with Crippen LogP contribution in [0.4, 0.5) is 10.8 Å². The molecule has 7 heteroatoms. The number of anilines is 2. The molecule has 2 aromatic rings. The molecule has 1 fully saturated rings. The summed E-state index contributed by atoms with van der Waals surface area (Å²) < 4.78 is 14.7. The van der Waals surface area contributed by atoms with Crippen LogP contribution in [0, 0.1) is 0 Å². The first-order valence-corrected chi connectivity index (χ1v) is 9.08. The van der Waals surface area contributed by atoms with Crippen molar-refractivity contribution in [2.45, 2.75) is 12.8 Å². The Bertz CT molecular complexity index is 611. The second-order valence-corrected chi connectivity index (χ2v) is 6.54. The zero-order valence-electron chi connectivity index (χ0n) is 14.0. The summed E-state index contributed by atoms with van der Waals surface area (Å²) in [4.78, 5) is 6.92. The molecule has 0 atom stereocenters. The van der Waals surface area contributed by atoms with Crippen molar-refractivity contribution in [3.8, 4) is 0 Å². The zero-order valence-corrected chi connectivity index (χ0v) is 14.8. The lowest BCUT2D eigenvalue weighted by Crippen LogP contribution is -2.37. The molecule has 24 heavy (non-hydrogen) atoms. The normalized spacial score (nSPS) is 15.5. The Morgan fingerprint density at radius 1 is 1.21 bits per heavy atom. The van der Waals surface area contributed by atoms with E-state index >= 15 is 0 Å². The molecule has 0 radical (unpaired) electrons. The van der Waals surface area contributed by atoms with Crippen LogP contribution in [0.5, 0.6) is 0 Å². The highest BCUT2D eigenvalue weighted by Crippen LogP contribution is 2.19. The Morgan fingerprint density at radius 3 is 2.75 bits per heavy atom. The third-order valence-electron chi connectivity index (χ3n) is 4.02. The van der Waals surface area contributed by atoms with Gasteiger partial charge in [0.15, 0.2) is 0 Å². The third-order valence-corrected chi connectivity index (χ3v) is 4.69. The van der Waals surface area contributed by atoms with E-state index < -0.39 is 0 Å². The van der Waals surface area contributed by atoms with Crippen LogP contribution in [0.2, 0.25) is 0 Å². The largest absolute Gasteiger partial charge is 0.384 e. The fourth-order valence-electron chi connectivity index (χ4n) is 2.59. The summed E-state index contributed by atoms with van der Waals surface area (Å²) in [6.45, 7) is 5.54. The van der Waals surface area contributed by atoms with E-state index in [4.69, 9.17) is 9.47 Å². The van der Waals surface area contributed by atoms with Gasteiger partial charge in [0, 0.05) is 50.4 Å². The molecule has 0 saturated carbocycles. The molecular formula is C17H24N4O2S. The fourth-order valence-corrected chi connectivity index (χ4v) is 3.22. The Labute approximate surface area is 147 Å². The SMILES string of the molecule is COCCc1nsc(Nc2ccc(CCN3CCOCC3)cc2)n1. The molecule has 1 aliphatic heterocycles. The van der Waals surface area contributed by atoms with Gasteiger partial charge in [0.25, 0.3) is 0 Å². The second kappa shape index (κ2) is 9.08. The molecule has 130 valence electrons. The average molecular weight is 348 g/mol. The van der Waals surface area contributed by atoms with Gasteiger partial charge in [-0.1, -0.05) is 12.1 Å². The zero-order chi connectivity index (χ0) is 16.6. The van der Waals surface area contributed by atoms with Crippen molar-refractivity contribution >= 4 is 22.4 Å². The summed E-state index contributed by atoms with van der Waals surface area (Å²) in [7, 11) is 1.69. The van der Waals surface area contributed by atoms with Gasteiger partial charge in [-0.3, -0.25) is 4.90 Å². The average Bonchev–Trinajstić information content (AvgIpc) is 3.07. The van der Waals surface area contributed by atoms with Gasteiger partial charge < -0.3 is 14.8 Å². The highest BCUT2D eigenvalue weighted by atomic mass is 32.1. The van der Waals surface area contributed by atoms with E-state index in [1.54, 1.807) is 7.11 Å². The van der Waals surface area contributed by atoms with Crippen LogP contribution in [-0.2, 0) is 22.3 Å². The molecule has 6 nitrogen and oxygen atoms in total. The molecule has 0 amide bonds. The molecule has 3 rings (SSSR count). The number of nitrogens with one attached hydrogen (secondary N) is 1. The topological polar surface area (TPSA) is 59.5 Å². The van der Waals surface area contributed by atoms with Gasteiger partial charge in [-0.05, 0) is 24.1 Å². The predicted octanol–water partition coefficient (Wildman–Crippen LogP) is 2.35. The van der Waals surface area contributed by atoms with E-state index in [2.05, 4.69) is 43.8 Å². The van der Waals surface area contributed by atoms with Crippen LogP contribution in [0.25, 0.3) is 0 Å². The van der Waals surface area contributed by atoms with Crippen molar-refractivity contribution in [2.24, 2.45) is 0 Å². The second-order valence-electron chi connectivity index (χ2n) is 5.78. The van der Waals surface area contributed by atoms with Crippen LogP contribution in [0.3, 0.4) is 0 Å². The van der Waals surface area contributed by atoms with Crippen LogP contribution < -0.4 is 5.32 Å². The Morgan fingerprint density at radius 2 is 2.00 bits per heavy atom. The quantitative estimate of drug-likeness (QED) is 0.790. The molecule has 0 unspecified atom stereocenters. The molecule has 1 aromatic carbocycles. The number of hydrogen-bond acceptors (Lipinski definition) is 7. The van der Waals surface area contributed by atoms with Crippen LogP contribution in [-0.4, -0.2) is 60.8 Å². The fraction of sp³-hybridized carbons (Fsp3) is 0.529. The molecule has 1 aliphatic rings. The van der Waals surface area contributed by atoms with Crippen molar-refractivity contribution in [3.63, 3.8) is 0 Å². The minimum atomic E-state index is 0.647. The number of morpholine rings is 1. The number of hydrogen-bond donors (Lipinski definition) is 1. The van der Waals surface area contributed by atoms with Gasteiger partial charge in [0.2, 0.25) is 5.13 Å². The van der Waals surface area contributed by atoms with E-state index in [9.17, 15) is 0 Å². The number of nitrogens with zero attached hydrogens (tertiary/aromatic N) is 3. The summed E-state index contributed by atoms with van der Waals surface area (Å²) in [5.41, 5.74) is 2.39. The van der Waals surface area contributed by atoms with E-state index in [1.807, 2.05) is 0 Å². The highest BCUT2D eigenvalue weighted by Gasteiger charge is 2.10. The van der Waals surface area contributed by atoms with Gasteiger partial charge in [-0.2, -0.15) is 4.37 Å². The lowest BCUT2D eigenvalue weighted by Gasteiger charge is -2.26. The van der Waals surface area contributed by atoms with E-state index in [0.29, 0.717) is 6.61 Å². The molecule has 1 aromatic heterocycles. The monoisotopic (exact) mass is 348 g/mol. The molecule has 1 N–H and O–H groups in total. The van der Waals surface area contributed by atoms with Gasteiger partial charge in [-0.25, -0.2) is 4.98 Å². The van der Waals surface area contributed by atoms with Gasteiger partial charge >= 0.3 is 0 Å². The van der Waals surface area contributed by atoms with Crippen molar-refractivity contribution in [1.29, 1.82) is 0 Å².